The van der Waals surface area contributed by atoms with Gasteiger partial charge in [0.25, 0.3) is 0 Å². The maximum atomic E-state index is 6.04. The van der Waals surface area contributed by atoms with Crippen LogP contribution in [-0.2, 0) is 0 Å². The Hall–Kier alpha value is -1.65. The summed E-state index contributed by atoms with van der Waals surface area (Å²) in [6.07, 6.45) is 0. The molecule has 1 N–H and O–H groups in total. The van der Waals surface area contributed by atoms with Crippen LogP contribution < -0.4 is 5.32 Å². The molecular formula is C16H16ClN3S. The first-order chi connectivity index (χ1) is 10.0. The molecule has 1 aromatic carbocycles. The normalized spacial score (nSPS) is 12.6. The van der Waals surface area contributed by atoms with Crippen LogP contribution in [0.3, 0.4) is 0 Å². The zero-order valence-electron chi connectivity index (χ0n) is 12.1. The lowest BCUT2D eigenvalue weighted by molar-refractivity contribution is 0.866. The first kappa shape index (κ1) is 14.3. The molecule has 5 heteroatoms. The van der Waals surface area contributed by atoms with Crippen molar-refractivity contribution in [2.45, 2.75) is 26.8 Å². The van der Waals surface area contributed by atoms with E-state index in [1.165, 1.54) is 16.0 Å². The van der Waals surface area contributed by atoms with Crippen molar-refractivity contribution in [3.63, 3.8) is 0 Å². The van der Waals surface area contributed by atoms with Crippen LogP contribution >= 0.6 is 22.9 Å². The molecule has 0 amide bonds. The van der Waals surface area contributed by atoms with Crippen molar-refractivity contribution in [1.29, 1.82) is 0 Å². The van der Waals surface area contributed by atoms with Gasteiger partial charge in [0.05, 0.1) is 11.4 Å². The van der Waals surface area contributed by atoms with Crippen LogP contribution in [0.5, 0.6) is 0 Å². The summed E-state index contributed by atoms with van der Waals surface area (Å²) in [6.45, 7) is 6.31. The standard InChI is InChI=1S/C16H16ClN3S/c1-9-6-4-5-7-12(9)11(3)18-14-13-8-10(2)21-15(13)20-16(17)19-14/h4-8,11H,1-3H3,(H,18,19,20). The monoisotopic (exact) mass is 317 g/mol. The van der Waals surface area contributed by atoms with Crippen LogP contribution in [0.15, 0.2) is 30.3 Å². The summed E-state index contributed by atoms with van der Waals surface area (Å²) in [4.78, 5) is 10.8. The van der Waals surface area contributed by atoms with Crippen LogP contribution in [0.25, 0.3) is 10.2 Å². The molecule has 108 valence electrons. The van der Waals surface area contributed by atoms with Crippen LogP contribution in [0.4, 0.5) is 5.82 Å². The summed E-state index contributed by atoms with van der Waals surface area (Å²) in [7, 11) is 0. The summed E-state index contributed by atoms with van der Waals surface area (Å²) < 4.78 is 0. The molecule has 3 rings (SSSR count). The van der Waals surface area contributed by atoms with Crippen LogP contribution in [-0.4, -0.2) is 9.97 Å². The highest BCUT2D eigenvalue weighted by Gasteiger charge is 2.13. The topological polar surface area (TPSA) is 37.8 Å². The zero-order chi connectivity index (χ0) is 15.0. The summed E-state index contributed by atoms with van der Waals surface area (Å²) in [5.74, 6) is 0.796. The number of hydrogen-bond acceptors (Lipinski definition) is 4. The van der Waals surface area contributed by atoms with Crippen molar-refractivity contribution in [2.75, 3.05) is 5.32 Å². The van der Waals surface area contributed by atoms with Crippen molar-refractivity contribution in [3.8, 4) is 0 Å². The molecule has 1 atom stereocenters. The predicted octanol–water partition coefficient (Wildman–Crippen LogP) is 5.13. The van der Waals surface area contributed by atoms with E-state index in [9.17, 15) is 0 Å². The Labute approximate surface area is 133 Å². The molecule has 0 fully saturated rings. The van der Waals surface area contributed by atoms with Crippen molar-refractivity contribution in [1.82, 2.24) is 9.97 Å². The molecule has 0 aliphatic rings. The van der Waals surface area contributed by atoms with Gasteiger partial charge in [0.2, 0.25) is 5.28 Å². The maximum Gasteiger partial charge on any atom is 0.225 e. The van der Waals surface area contributed by atoms with Crippen LogP contribution in [0.1, 0.15) is 29.0 Å². The van der Waals surface area contributed by atoms with E-state index in [2.05, 4.69) is 60.3 Å². The molecule has 0 spiro atoms. The van der Waals surface area contributed by atoms with E-state index in [0.717, 1.165) is 16.0 Å². The SMILES string of the molecule is Cc1cc2c(NC(C)c3ccccc3C)nc(Cl)nc2s1. The highest BCUT2D eigenvalue weighted by atomic mass is 35.5. The lowest BCUT2D eigenvalue weighted by Gasteiger charge is -2.17. The second-order valence-corrected chi connectivity index (χ2v) is 6.71. The Morgan fingerprint density at radius 3 is 2.71 bits per heavy atom. The van der Waals surface area contributed by atoms with E-state index < -0.39 is 0 Å². The fourth-order valence-corrected chi connectivity index (χ4v) is 3.58. The van der Waals surface area contributed by atoms with Gasteiger partial charge in [-0.15, -0.1) is 11.3 Å². The number of benzene rings is 1. The van der Waals surface area contributed by atoms with Crippen molar-refractivity contribution >= 4 is 39.0 Å². The van der Waals surface area contributed by atoms with Crippen molar-refractivity contribution in [2.24, 2.45) is 0 Å². The van der Waals surface area contributed by atoms with Crippen LogP contribution in [0.2, 0.25) is 5.28 Å². The molecule has 0 aliphatic carbocycles. The smallest absolute Gasteiger partial charge is 0.225 e. The van der Waals surface area contributed by atoms with Gasteiger partial charge in [0.1, 0.15) is 10.6 Å². The maximum absolute atomic E-state index is 6.04. The summed E-state index contributed by atoms with van der Waals surface area (Å²) in [6, 6.07) is 10.6. The summed E-state index contributed by atoms with van der Waals surface area (Å²) >= 11 is 7.67. The van der Waals surface area contributed by atoms with Gasteiger partial charge in [-0.2, -0.15) is 0 Å². The average Bonchev–Trinajstić information content (AvgIpc) is 2.79. The van der Waals surface area contributed by atoms with Crippen molar-refractivity contribution < 1.29 is 0 Å². The number of fused-ring (bicyclic) bond motifs is 1. The van der Waals surface area contributed by atoms with Gasteiger partial charge in [0, 0.05) is 4.88 Å². The molecule has 0 saturated heterocycles. The Morgan fingerprint density at radius 1 is 1.19 bits per heavy atom. The first-order valence-corrected chi connectivity index (χ1v) is 8.00. The second kappa shape index (κ2) is 5.62. The molecule has 0 radical (unpaired) electrons. The minimum absolute atomic E-state index is 0.153. The minimum atomic E-state index is 0.153. The van der Waals surface area contributed by atoms with E-state index in [4.69, 9.17) is 11.6 Å². The number of thiophene rings is 1. The van der Waals surface area contributed by atoms with Gasteiger partial charge >= 0.3 is 0 Å². The lowest BCUT2D eigenvalue weighted by Crippen LogP contribution is -2.09. The fraction of sp³-hybridized carbons (Fsp3) is 0.250. The zero-order valence-corrected chi connectivity index (χ0v) is 13.7. The minimum Gasteiger partial charge on any atom is -0.363 e. The molecule has 3 nitrogen and oxygen atoms in total. The van der Waals surface area contributed by atoms with E-state index in [1.54, 1.807) is 11.3 Å². The highest BCUT2D eigenvalue weighted by molar-refractivity contribution is 7.18. The number of nitrogens with zero attached hydrogens (tertiary/aromatic N) is 2. The molecular weight excluding hydrogens is 302 g/mol. The van der Waals surface area contributed by atoms with Gasteiger partial charge in [-0.3, -0.25) is 0 Å². The Morgan fingerprint density at radius 2 is 1.95 bits per heavy atom. The number of aromatic nitrogens is 2. The average molecular weight is 318 g/mol. The molecule has 0 saturated carbocycles. The number of anilines is 1. The summed E-state index contributed by atoms with van der Waals surface area (Å²) in [5, 5.41) is 4.78. The Bertz CT molecular complexity index is 797. The number of halogens is 1. The fourth-order valence-electron chi connectivity index (χ4n) is 2.48. The van der Waals surface area contributed by atoms with E-state index in [0.29, 0.717) is 0 Å². The number of hydrogen-bond donors (Lipinski definition) is 1. The molecule has 3 aromatic rings. The number of nitrogens with one attached hydrogen (secondary N) is 1. The number of rotatable bonds is 3. The number of aryl methyl sites for hydroxylation is 2. The van der Waals surface area contributed by atoms with Gasteiger partial charge < -0.3 is 5.32 Å². The second-order valence-electron chi connectivity index (χ2n) is 5.14. The molecule has 1 unspecified atom stereocenters. The van der Waals surface area contributed by atoms with E-state index >= 15 is 0 Å². The predicted molar refractivity (Wildman–Crippen MR) is 90.4 cm³/mol. The summed E-state index contributed by atoms with van der Waals surface area (Å²) in [5.41, 5.74) is 2.52. The quantitative estimate of drug-likeness (QED) is 0.680. The van der Waals surface area contributed by atoms with Gasteiger partial charge in [-0.05, 0) is 49.6 Å². The third-order valence-corrected chi connectivity index (χ3v) is 4.61. The molecule has 0 bridgehead atoms. The molecule has 2 aromatic heterocycles. The Kier molecular flexibility index (Phi) is 3.83. The third-order valence-electron chi connectivity index (χ3n) is 3.50. The first-order valence-electron chi connectivity index (χ1n) is 6.80. The van der Waals surface area contributed by atoms with Gasteiger partial charge in [-0.1, -0.05) is 24.3 Å². The molecule has 0 aliphatic heterocycles. The van der Waals surface area contributed by atoms with Crippen LogP contribution in [0, 0.1) is 13.8 Å². The Balaban J connectivity index is 2.00. The van der Waals surface area contributed by atoms with Gasteiger partial charge in [0.15, 0.2) is 0 Å². The van der Waals surface area contributed by atoms with E-state index in [-0.39, 0.29) is 11.3 Å². The molecule has 2 heterocycles. The lowest BCUT2D eigenvalue weighted by atomic mass is 10.0. The largest absolute Gasteiger partial charge is 0.363 e. The third kappa shape index (κ3) is 2.87. The van der Waals surface area contributed by atoms with Gasteiger partial charge in [-0.25, -0.2) is 9.97 Å². The van der Waals surface area contributed by atoms with E-state index in [1.807, 2.05) is 6.07 Å². The highest BCUT2D eigenvalue weighted by Crippen LogP contribution is 2.31. The van der Waals surface area contributed by atoms with Crippen molar-refractivity contribution in [3.05, 3.63) is 51.6 Å². The molecule has 21 heavy (non-hydrogen) atoms.